The number of amides is 1. The van der Waals surface area contributed by atoms with Crippen molar-refractivity contribution in [3.63, 3.8) is 0 Å². The van der Waals surface area contributed by atoms with Crippen molar-refractivity contribution < 1.29 is 4.79 Å². The molecule has 0 radical (unpaired) electrons. The first kappa shape index (κ1) is 22.0. The van der Waals surface area contributed by atoms with Gasteiger partial charge in [0, 0.05) is 28.2 Å². The van der Waals surface area contributed by atoms with Crippen LogP contribution >= 0.6 is 22.7 Å². The fourth-order valence-corrected chi connectivity index (χ4v) is 6.61. The second kappa shape index (κ2) is 9.19. The van der Waals surface area contributed by atoms with Crippen molar-refractivity contribution in [2.24, 2.45) is 0 Å². The maximum atomic E-state index is 12.7. The number of anilines is 1. The number of carbonyl (C=O) groups excluding carboxylic acids is 1. The van der Waals surface area contributed by atoms with Crippen LogP contribution in [0.3, 0.4) is 0 Å². The molecule has 170 valence electrons. The lowest BCUT2D eigenvalue weighted by molar-refractivity contribution is -0.116. The van der Waals surface area contributed by atoms with Crippen LogP contribution in [0.15, 0.2) is 35.1 Å². The smallest absolute Gasteiger partial charge is 0.259 e. The second-order valence-corrected chi connectivity index (χ2v) is 10.8. The highest BCUT2D eigenvalue weighted by atomic mass is 32.1. The molecule has 1 aliphatic carbocycles. The third-order valence-electron chi connectivity index (χ3n) is 5.93. The summed E-state index contributed by atoms with van der Waals surface area (Å²) in [4.78, 5) is 40.9. The zero-order valence-corrected chi connectivity index (χ0v) is 20.4. The number of aromatic amines is 1. The van der Waals surface area contributed by atoms with Crippen LogP contribution in [0.2, 0.25) is 0 Å². The lowest BCUT2D eigenvalue weighted by Gasteiger charge is -2.09. The molecule has 0 unspecified atom stereocenters. The SMILES string of the molecule is CC(C)c1sc(NC(=O)CCc2nc3sc4c(c3c(=O)[nH]2)CCCC4)nc1-c1ccccc1. The number of thiazole rings is 1. The first-order valence-electron chi connectivity index (χ1n) is 11.4. The summed E-state index contributed by atoms with van der Waals surface area (Å²) in [6.07, 6.45) is 4.90. The van der Waals surface area contributed by atoms with E-state index in [9.17, 15) is 9.59 Å². The van der Waals surface area contributed by atoms with E-state index in [0.29, 0.717) is 23.3 Å². The largest absolute Gasteiger partial charge is 0.310 e. The molecule has 8 heteroatoms. The average molecular weight is 479 g/mol. The summed E-state index contributed by atoms with van der Waals surface area (Å²) in [6.45, 7) is 4.26. The Morgan fingerprint density at radius 2 is 1.91 bits per heavy atom. The van der Waals surface area contributed by atoms with Crippen LogP contribution < -0.4 is 10.9 Å². The Bertz CT molecular complexity index is 1370. The minimum absolute atomic E-state index is 0.0798. The third kappa shape index (κ3) is 4.50. The molecule has 0 fully saturated rings. The zero-order valence-electron chi connectivity index (χ0n) is 18.7. The molecule has 4 aromatic rings. The number of benzene rings is 1. The number of aryl methyl sites for hydroxylation is 3. The van der Waals surface area contributed by atoms with E-state index in [4.69, 9.17) is 4.98 Å². The molecule has 5 rings (SSSR count). The van der Waals surface area contributed by atoms with E-state index < -0.39 is 0 Å². The number of fused-ring (bicyclic) bond motifs is 3. The number of H-pyrrole nitrogens is 1. The Morgan fingerprint density at radius 1 is 1.12 bits per heavy atom. The highest BCUT2D eigenvalue weighted by Gasteiger charge is 2.20. The van der Waals surface area contributed by atoms with Gasteiger partial charge in [-0.2, -0.15) is 0 Å². The van der Waals surface area contributed by atoms with E-state index in [1.165, 1.54) is 28.2 Å². The Morgan fingerprint density at radius 3 is 2.70 bits per heavy atom. The quantitative estimate of drug-likeness (QED) is 0.373. The van der Waals surface area contributed by atoms with Gasteiger partial charge in [0.25, 0.3) is 5.56 Å². The number of hydrogen-bond acceptors (Lipinski definition) is 6. The third-order valence-corrected chi connectivity index (χ3v) is 8.39. The molecular weight excluding hydrogens is 452 g/mol. The van der Waals surface area contributed by atoms with Crippen LogP contribution in [0.1, 0.15) is 60.2 Å². The van der Waals surface area contributed by atoms with Crippen molar-refractivity contribution in [1.82, 2.24) is 15.0 Å². The summed E-state index contributed by atoms with van der Waals surface area (Å²) in [5, 5.41) is 4.29. The summed E-state index contributed by atoms with van der Waals surface area (Å²) in [5.41, 5.74) is 3.07. The monoisotopic (exact) mass is 478 g/mol. The van der Waals surface area contributed by atoms with Crippen LogP contribution in [0, 0.1) is 0 Å². The number of carbonyl (C=O) groups is 1. The number of thiophene rings is 1. The fraction of sp³-hybridized carbons (Fsp3) is 0.360. The molecule has 2 N–H and O–H groups in total. The normalized spacial score (nSPS) is 13.4. The molecule has 33 heavy (non-hydrogen) atoms. The van der Waals surface area contributed by atoms with Gasteiger partial charge in [-0.15, -0.1) is 22.7 Å². The molecule has 3 aromatic heterocycles. The van der Waals surface area contributed by atoms with Crippen LogP contribution in [0.4, 0.5) is 5.13 Å². The minimum Gasteiger partial charge on any atom is -0.310 e. The average Bonchev–Trinajstić information content (AvgIpc) is 3.40. The van der Waals surface area contributed by atoms with E-state index in [-0.39, 0.29) is 17.9 Å². The Kier molecular flexibility index (Phi) is 6.12. The molecule has 1 aromatic carbocycles. The predicted molar refractivity (Wildman–Crippen MR) is 135 cm³/mol. The predicted octanol–water partition coefficient (Wildman–Crippen LogP) is 5.68. The van der Waals surface area contributed by atoms with E-state index in [2.05, 4.69) is 29.1 Å². The number of nitrogens with zero attached hydrogens (tertiary/aromatic N) is 2. The van der Waals surface area contributed by atoms with Crippen LogP contribution in [0.5, 0.6) is 0 Å². The van der Waals surface area contributed by atoms with E-state index in [1.807, 2.05) is 30.3 Å². The Labute approximate surface area is 200 Å². The molecule has 1 amide bonds. The first-order chi connectivity index (χ1) is 16.0. The molecule has 3 heterocycles. The molecular formula is C25H26N4O2S2. The maximum absolute atomic E-state index is 12.7. The van der Waals surface area contributed by atoms with Crippen LogP contribution in [0.25, 0.3) is 21.5 Å². The van der Waals surface area contributed by atoms with Crippen molar-refractivity contribution in [3.8, 4) is 11.3 Å². The van der Waals surface area contributed by atoms with Gasteiger partial charge in [-0.3, -0.25) is 9.59 Å². The van der Waals surface area contributed by atoms with Crippen molar-refractivity contribution >= 4 is 43.9 Å². The number of hydrogen-bond donors (Lipinski definition) is 2. The van der Waals surface area contributed by atoms with Gasteiger partial charge < -0.3 is 10.3 Å². The van der Waals surface area contributed by atoms with E-state index in [1.54, 1.807) is 11.3 Å². The van der Waals surface area contributed by atoms with Gasteiger partial charge in [0.1, 0.15) is 10.7 Å². The molecule has 6 nitrogen and oxygen atoms in total. The lowest BCUT2D eigenvalue weighted by atomic mass is 9.97. The molecule has 0 saturated carbocycles. The summed E-state index contributed by atoms with van der Waals surface area (Å²) in [7, 11) is 0. The maximum Gasteiger partial charge on any atom is 0.259 e. The zero-order chi connectivity index (χ0) is 22.9. The van der Waals surface area contributed by atoms with Crippen LogP contribution in [-0.4, -0.2) is 20.9 Å². The summed E-state index contributed by atoms with van der Waals surface area (Å²) >= 11 is 3.15. The van der Waals surface area contributed by atoms with Crippen LogP contribution in [-0.2, 0) is 24.1 Å². The molecule has 1 aliphatic rings. The first-order valence-corrected chi connectivity index (χ1v) is 13.0. The fourth-order valence-electron chi connectivity index (χ4n) is 4.32. The van der Waals surface area contributed by atoms with Gasteiger partial charge in [-0.25, -0.2) is 9.97 Å². The van der Waals surface area contributed by atoms with Gasteiger partial charge >= 0.3 is 0 Å². The number of nitrogens with one attached hydrogen (secondary N) is 2. The minimum atomic E-state index is -0.133. The van der Waals surface area contributed by atoms with E-state index >= 15 is 0 Å². The van der Waals surface area contributed by atoms with E-state index in [0.717, 1.165) is 45.6 Å². The van der Waals surface area contributed by atoms with Gasteiger partial charge in [-0.05, 0) is 37.2 Å². The standard InChI is InChI=1S/C25H26N4O2S2/c1-14(2)22-21(15-8-4-3-5-9-15)29-25(33-22)28-19(30)13-12-18-26-23(31)20-16-10-6-7-11-17(16)32-24(20)27-18/h3-5,8-9,14H,6-7,10-13H2,1-2H3,(H,26,27,31)(H,28,29,30). The lowest BCUT2D eigenvalue weighted by Crippen LogP contribution is -2.16. The summed E-state index contributed by atoms with van der Waals surface area (Å²) in [5.74, 6) is 0.737. The number of rotatable bonds is 6. The Hall–Kier alpha value is -2.84. The molecule has 0 atom stereocenters. The van der Waals surface area contributed by atoms with Crippen molar-refractivity contribution in [3.05, 3.63) is 61.8 Å². The van der Waals surface area contributed by atoms with Gasteiger partial charge in [0.05, 0.1) is 11.1 Å². The highest BCUT2D eigenvalue weighted by Crippen LogP contribution is 2.36. The van der Waals surface area contributed by atoms with Crippen molar-refractivity contribution in [2.45, 2.75) is 58.3 Å². The number of aromatic nitrogens is 3. The van der Waals surface area contributed by atoms with Crippen molar-refractivity contribution in [2.75, 3.05) is 5.32 Å². The van der Waals surface area contributed by atoms with Gasteiger partial charge in [0.15, 0.2) is 5.13 Å². The Balaban J connectivity index is 1.30. The van der Waals surface area contributed by atoms with Gasteiger partial charge in [-0.1, -0.05) is 44.2 Å². The molecule has 0 aliphatic heterocycles. The highest BCUT2D eigenvalue weighted by molar-refractivity contribution is 7.18. The molecule has 0 bridgehead atoms. The molecule has 0 saturated heterocycles. The molecule has 0 spiro atoms. The summed E-state index contributed by atoms with van der Waals surface area (Å²) < 4.78 is 0. The van der Waals surface area contributed by atoms with Crippen molar-refractivity contribution in [1.29, 1.82) is 0 Å². The van der Waals surface area contributed by atoms with Gasteiger partial charge in [0.2, 0.25) is 5.91 Å². The second-order valence-electron chi connectivity index (χ2n) is 8.70. The topological polar surface area (TPSA) is 87.7 Å². The summed E-state index contributed by atoms with van der Waals surface area (Å²) in [6, 6.07) is 10.0.